The zero-order chi connectivity index (χ0) is 18.4. The minimum absolute atomic E-state index is 0.110. The number of nitrogens with zero attached hydrogens (tertiary/aromatic N) is 1. The molecule has 138 valence electrons. The lowest BCUT2D eigenvalue weighted by Gasteiger charge is -2.28. The van der Waals surface area contributed by atoms with E-state index in [4.69, 9.17) is 5.11 Å². The standard InChI is InChI=1S/C21H25NO3S/c23-14-12-18-10-8-17(9-11-18)5-4-13-21(19-6-2-1-3-7-19)15-22(20(24)25)26-16-21/h1-3,6-11,23H,4-5,12-16H2,(H,24,25). The Kier molecular flexibility index (Phi) is 6.22. The lowest BCUT2D eigenvalue weighted by atomic mass is 9.77. The average molecular weight is 372 g/mol. The highest BCUT2D eigenvalue weighted by Gasteiger charge is 2.41. The van der Waals surface area contributed by atoms with Gasteiger partial charge in [-0.1, -0.05) is 54.6 Å². The topological polar surface area (TPSA) is 60.8 Å². The van der Waals surface area contributed by atoms with Gasteiger partial charge < -0.3 is 10.2 Å². The van der Waals surface area contributed by atoms with Crippen LogP contribution in [0.25, 0.3) is 0 Å². The monoisotopic (exact) mass is 371 g/mol. The summed E-state index contributed by atoms with van der Waals surface area (Å²) in [5, 5.41) is 18.4. The first kappa shape index (κ1) is 18.8. The summed E-state index contributed by atoms with van der Waals surface area (Å²) in [5.74, 6) is 0.804. The molecule has 5 heteroatoms. The van der Waals surface area contributed by atoms with E-state index in [0.29, 0.717) is 13.0 Å². The van der Waals surface area contributed by atoms with Crippen molar-refractivity contribution in [2.45, 2.75) is 31.1 Å². The minimum Gasteiger partial charge on any atom is -0.464 e. The van der Waals surface area contributed by atoms with Crippen LogP contribution in [0.5, 0.6) is 0 Å². The number of benzene rings is 2. The maximum Gasteiger partial charge on any atom is 0.417 e. The van der Waals surface area contributed by atoms with Gasteiger partial charge in [0.05, 0.1) is 0 Å². The van der Waals surface area contributed by atoms with Crippen LogP contribution in [0.4, 0.5) is 4.79 Å². The third-order valence-corrected chi connectivity index (χ3v) is 6.37. The predicted molar refractivity (Wildman–Crippen MR) is 105 cm³/mol. The molecule has 0 radical (unpaired) electrons. The van der Waals surface area contributed by atoms with Crippen LogP contribution >= 0.6 is 11.9 Å². The van der Waals surface area contributed by atoms with Crippen LogP contribution in [0.1, 0.15) is 29.5 Å². The van der Waals surface area contributed by atoms with Crippen molar-refractivity contribution < 1.29 is 15.0 Å². The number of aryl methyl sites for hydroxylation is 1. The van der Waals surface area contributed by atoms with E-state index >= 15 is 0 Å². The Hall–Kier alpha value is -1.98. The van der Waals surface area contributed by atoms with E-state index in [9.17, 15) is 9.90 Å². The van der Waals surface area contributed by atoms with Crippen LogP contribution in [-0.2, 0) is 18.3 Å². The number of rotatable bonds is 7. The van der Waals surface area contributed by atoms with E-state index in [-0.39, 0.29) is 12.0 Å². The molecule has 0 bridgehead atoms. The second-order valence-electron chi connectivity index (χ2n) is 6.88. The molecule has 0 spiro atoms. The Labute approximate surface area is 159 Å². The fraction of sp³-hybridized carbons (Fsp3) is 0.381. The van der Waals surface area contributed by atoms with Gasteiger partial charge in [0, 0.05) is 24.3 Å². The van der Waals surface area contributed by atoms with Gasteiger partial charge in [-0.25, -0.2) is 4.79 Å². The number of aliphatic hydroxyl groups is 1. The van der Waals surface area contributed by atoms with Gasteiger partial charge in [-0.3, -0.25) is 4.31 Å². The van der Waals surface area contributed by atoms with Crippen LogP contribution < -0.4 is 0 Å². The van der Waals surface area contributed by atoms with Gasteiger partial charge in [-0.2, -0.15) is 0 Å². The number of aliphatic hydroxyl groups excluding tert-OH is 1. The van der Waals surface area contributed by atoms with Crippen molar-refractivity contribution >= 4 is 18.0 Å². The van der Waals surface area contributed by atoms with Crippen molar-refractivity contribution in [3.8, 4) is 0 Å². The summed E-state index contributed by atoms with van der Waals surface area (Å²) in [6.45, 7) is 0.725. The van der Waals surface area contributed by atoms with E-state index in [1.165, 1.54) is 27.4 Å². The first-order valence-corrected chi connectivity index (χ1v) is 9.95. The fourth-order valence-corrected chi connectivity index (χ4v) is 4.84. The molecule has 1 unspecified atom stereocenters. The van der Waals surface area contributed by atoms with Gasteiger partial charge in [0.1, 0.15) is 0 Å². The molecule has 1 fully saturated rings. The number of amides is 1. The predicted octanol–water partition coefficient (Wildman–Crippen LogP) is 4.12. The second kappa shape index (κ2) is 8.60. The van der Waals surface area contributed by atoms with Gasteiger partial charge >= 0.3 is 6.09 Å². The quantitative estimate of drug-likeness (QED) is 0.719. The summed E-state index contributed by atoms with van der Waals surface area (Å²) in [5.41, 5.74) is 3.56. The smallest absolute Gasteiger partial charge is 0.417 e. The van der Waals surface area contributed by atoms with Crippen molar-refractivity contribution in [2.24, 2.45) is 0 Å². The van der Waals surface area contributed by atoms with E-state index in [1.807, 2.05) is 18.2 Å². The first-order chi connectivity index (χ1) is 12.6. The maximum absolute atomic E-state index is 11.4. The van der Waals surface area contributed by atoms with E-state index in [1.54, 1.807) is 0 Å². The lowest BCUT2D eigenvalue weighted by Crippen LogP contribution is -2.34. The number of hydrogen-bond donors (Lipinski definition) is 2. The molecular formula is C21H25NO3S. The van der Waals surface area contributed by atoms with Gasteiger partial charge in [-0.15, -0.1) is 0 Å². The van der Waals surface area contributed by atoms with Gasteiger partial charge in [0.15, 0.2) is 0 Å². The lowest BCUT2D eigenvalue weighted by molar-refractivity contribution is 0.171. The molecule has 1 atom stereocenters. The molecule has 26 heavy (non-hydrogen) atoms. The second-order valence-corrected chi connectivity index (χ2v) is 7.87. The largest absolute Gasteiger partial charge is 0.464 e. The average Bonchev–Trinajstić information content (AvgIpc) is 3.10. The third-order valence-electron chi connectivity index (χ3n) is 5.09. The molecular weight excluding hydrogens is 346 g/mol. The SMILES string of the molecule is O=C(O)N1CC(CCCc2ccc(CCO)cc2)(c2ccccc2)CS1. The molecule has 1 aliphatic rings. The van der Waals surface area contributed by atoms with E-state index in [0.717, 1.165) is 30.6 Å². The maximum atomic E-state index is 11.4. The fourth-order valence-electron chi connectivity index (χ4n) is 3.58. The Morgan fingerprint density at radius 1 is 1.04 bits per heavy atom. The molecule has 0 saturated carbocycles. The van der Waals surface area contributed by atoms with Crippen LogP contribution in [0.2, 0.25) is 0 Å². The summed E-state index contributed by atoms with van der Waals surface area (Å²) in [6, 6.07) is 18.7. The molecule has 1 aliphatic heterocycles. The molecule has 2 aromatic rings. The van der Waals surface area contributed by atoms with Crippen molar-refractivity contribution in [2.75, 3.05) is 18.9 Å². The highest BCUT2D eigenvalue weighted by atomic mass is 32.2. The van der Waals surface area contributed by atoms with Crippen molar-refractivity contribution in [1.29, 1.82) is 0 Å². The van der Waals surface area contributed by atoms with Gasteiger partial charge in [0.2, 0.25) is 0 Å². The van der Waals surface area contributed by atoms with Crippen molar-refractivity contribution in [3.05, 3.63) is 71.3 Å². The summed E-state index contributed by atoms with van der Waals surface area (Å²) in [4.78, 5) is 11.4. The highest BCUT2D eigenvalue weighted by Crippen LogP contribution is 2.42. The first-order valence-electron chi connectivity index (χ1n) is 9.00. The molecule has 1 heterocycles. The summed E-state index contributed by atoms with van der Waals surface area (Å²) in [6.07, 6.45) is 2.80. The Morgan fingerprint density at radius 3 is 2.27 bits per heavy atom. The normalized spacial score (nSPS) is 19.7. The summed E-state index contributed by atoms with van der Waals surface area (Å²) >= 11 is 1.42. The molecule has 2 aromatic carbocycles. The molecule has 2 N–H and O–H groups in total. The Morgan fingerprint density at radius 2 is 1.69 bits per heavy atom. The molecule has 0 aliphatic carbocycles. The zero-order valence-electron chi connectivity index (χ0n) is 14.8. The summed E-state index contributed by atoms with van der Waals surface area (Å²) in [7, 11) is 0. The Bertz CT molecular complexity index is 720. The van der Waals surface area contributed by atoms with Crippen molar-refractivity contribution in [3.63, 3.8) is 0 Å². The van der Waals surface area contributed by atoms with E-state index < -0.39 is 6.09 Å². The number of hydrogen-bond acceptors (Lipinski definition) is 3. The van der Waals surface area contributed by atoms with Crippen molar-refractivity contribution in [1.82, 2.24) is 4.31 Å². The van der Waals surface area contributed by atoms with Crippen LogP contribution in [-0.4, -0.2) is 39.5 Å². The van der Waals surface area contributed by atoms with E-state index in [2.05, 4.69) is 36.4 Å². The van der Waals surface area contributed by atoms with Gasteiger partial charge in [-0.05, 0) is 54.3 Å². The third kappa shape index (κ3) is 4.40. The highest BCUT2D eigenvalue weighted by molar-refractivity contribution is 7.97. The number of carboxylic acid groups (broad SMARTS) is 1. The zero-order valence-corrected chi connectivity index (χ0v) is 15.6. The molecule has 4 nitrogen and oxygen atoms in total. The Balaban J connectivity index is 1.66. The molecule has 1 saturated heterocycles. The van der Waals surface area contributed by atoms with Crippen LogP contribution in [0.3, 0.4) is 0 Å². The van der Waals surface area contributed by atoms with Crippen LogP contribution in [0, 0.1) is 0 Å². The minimum atomic E-state index is -0.854. The molecule has 1 amide bonds. The number of carbonyl (C=O) groups is 1. The molecule has 0 aromatic heterocycles. The van der Waals surface area contributed by atoms with Gasteiger partial charge in [0.25, 0.3) is 0 Å². The van der Waals surface area contributed by atoms with Crippen LogP contribution in [0.15, 0.2) is 54.6 Å². The molecule has 3 rings (SSSR count). The summed E-state index contributed by atoms with van der Waals surface area (Å²) < 4.78 is 1.47.